The summed E-state index contributed by atoms with van der Waals surface area (Å²) in [7, 11) is 0.344. The Morgan fingerprint density at radius 3 is 2.60 bits per heavy atom. The first-order valence-electron chi connectivity index (χ1n) is 8.30. The molecule has 0 heterocycles. The zero-order chi connectivity index (χ0) is 18.5. The van der Waals surface area contributed by atoms with Crippen LogP contribution in [0.15, 0.2) is 29.2 Å². The van der Waals surface area contributed by atoms with Crippen LogP contribution >= 0.6 is 0 Å². The van der Waals surface area contributed by atoms with Crippen LogP contribution in [0.25, 0.3) is 0 Å². The number of carbonyl (C=O) groups is 1. The fraction of sp³-hybridized carbons (Fsp3) is 0.500. The highest BCUT2D eigenvalue weighted by Gasteiger charge is 2.36. The van der Waals surface area contributed by atoms with E-state index in [0.717, 1.165) is 25.7 Å². The zero-order valence-electron chi connectivity index (χ0n) is 14.7. The van der Waals surface area contributed by atoms with Crippen LogP contribution in [-0.4, -0.2) is 51.9 Å². The Morgan fingerprint density at radius 2 is 2.00 bits per heavy atom. The standard InChI is InChI=1S/C18H25N3O3S/c1-4-12-20-25(23,24)16-9-7-8-15(13-16)17(22)19-14-18(21(2)3)10-5-6-11-18/h1,7-9,13,20H,5-6,10-12,14H2,2-3H3,(H,19,22). The molecule has 1 aromatic carbocycles. The van der Waals surface area contributed by atoms with Crippen LogP contribution in [0.1, 0.15) is 36.0 Å². The van der Waals surface area contributed by atoms with Gasteiger partial charge in [-0.25, -0.2) is 8.42 Å². The molecule has 0 atom stereocenters. The number of carbonyl (C=O) groups excluding carboxylic acids is 1. The summed E-state index contributed by atoms with van der Waals surface area (Å²) in [5.41, 5.74) is 0.295. The lowest BCUT2D eigenvalue weighted by molar-refractivity contribution is 0.0900. The fourth-order valence-electron chi connectivity index (χ4n) is 3.19. The number of hydrogen-bond acceptors (Lipinski definition) is 4. The minimum atomic E-state index is -3.72. The average molecular weight is 363 g/mol. The maximum atomic E-state index is 12.5. The van der Waals surface area contributed by atoms with Crippen LogP contribution < -0.4 is 10.0 Å². The van der Waals surface area contributed by atoms with Gasteiger partial charge in [-0.3, -0.25) is 4.79 Å². The second kappa shape index (κ2) is 8.00. The lowest BCUT2D eigenvalue weighted by atomic mass is 9.96. The van der Waals surface area contributed by atoms with Gasteiger partial charge in [-0.2, -0.15) is 4.72 Å². The molecule has 1 fully saturated rings. The van der Waals surface area contributed by atoms with Crippen molar-refractivity contribution in [3.8, 4) is 12.3 Å². The van der Waals surface area contributed by atoms with Crippen molar-refractivity contribution in [1.29, 1.82) is 0 Å². The third-order valence-electron chi connectivity index (χ3n) is 4.83. The number of benzene rings is 1. The summed E-state index contributed by atoms with van der Waals surface area (Å²) in [5, 5.41) is 2.96. The molecule has 1 saturated carbocycles. The summed E-state index contributed by atoms with van der Waals surface area (Å²) in [6.07, 6.45) is 9.49. The monoisotopic (exact) mass is 363 g/mol. The summed E-state index contributed by atoms with van der Waals surface area (Å²) in [4.78, 5) is 14.7. The maximum Gasteiger partial charge on any atom is 0.251 e. The first kappa shape index (κ1) is 19.4. The average Bonchev–Trinajstić information content (AvgIpc) is 3.08. The largest absolute Gasteiger partial charge is 0.350 e. The Kier molecular flexibility index (Phi) is 6.22. The fourth-order valence-corrected chi connectivity index (χ4v) is 4.17. The van der Waals surface area contributed by atoms with Crippen LogP contribution in [0.4, 0.5) is 0 Å². The molecule has 7 heteroatoms. The summed E-state index contributed by atoms with van der Waals surface area (Å²) < 4.78 is 26.5. The molecule has 0 radical (unpaired) electrons. The van der Waals surface area contributed by atoms with Crippen LogP contribution in [0.2, 0.25) is 0 Å². The number of nitrogens with one attached hydrogen (secondary N) is 2. The summed E-state index contributed by atoms with van der Waals surface area (Å²) >= 11 is 0. The van der Waals surface area contributed by atoms with Crippen LogP contribution in [-0.2, 0) is 10.0 Å². The maximum absolute atomic E-state index is 12.5. The van der Waals surface area contributed by atoms with Gasteiger partial charge in [0.25, 0.3) is 5.91 Å². The molecule has 1 aliphatic carbocycles. The molecule has 2 N–H and O–H groups in total. The third-order valence-corrected chi connectivity index (χ3v) is 6.23. The highest BCUT2D eigenvalue weighted by molar-refractivity contribution is 7.89. The Hall–Kier alpha value is -1.88. The highest BCUT2D eigenvalue weighted by Crippen LogP contribution is 2.33. The second-order valence-electron chi connectivity index (χ2n) is 6.57. The minimum Gasteiger partial charge on any atom is -0.350 e. The van der Waals surface area contributed by atoms with Gasteiger partial charge in [0.05, 0.1) is 11.4 Å². The van der Waals surface area contributed by atoms with E-state index in [0.29, 0.717) is 12.1 Å². The zero-order valence-corrected chi connectivity index (χ0v) is 15.5. The third kappa shape index (κ3) is 4.60. The van der Waals surface area contributed by atoms with Crippen LogP contribution in [0.5, 0.6) is 0 Å². The molecule has 0 bridgehead atoms. The van der Waals surface area contributed by atoms with Crippen molar-refractivity contribution in [3.05, 3.63) is 29.8 Å². The topological polar surface area (TPSA) is 78.5 Å². The molecule has 0 unspecified atom stereocenters. The molecule has 2 rings (SSSR count). The number of amides is 1. The molecule has 0 aromatic heterocycles. The van der Waals surface area contributed by atoms with E-state index in [1.54, 1.807) is 12.1 Å². The molecule has 0 spiro atoms. The first-order chi connectivity index (χ1) is 11.8. The molecule has 1 aromatic rings. The van der Waals surface area contributed by atoms with Gasteiger partial charge in [-0.1, -0.05) is 24.8 Å². The van der Waals surface area contributed by atoms with Gasteiger partial charge in [0.15, 0.2) is 0 Å². The van der Waals surface area contributed by atoms with E-state index in [1.165, 1.54) is 12.1 Å². The van der Waals surface area contributed by atoms with Crippen molar-refractivity contribution in [2.24, 2.45) is 0 Å². The number of rotatable bonds is 7. The van der Waals surface area contributed by atoms with Gasteiger partial charge in [0.2, 0.25) is 10.0 Å². The number of sulfonamides is 1. The van der Waals surface area contributed by atoms with E-state index in [9.17, 15) is 13.2 Å². The highest BCUT2D eigenvalue weighted by atomic mass is 32.2. The van der Waals surface area contributed by atoms with Crippen molar-refractivity contribution in [2.45, 2.75) is 36.1 Å². The normalized spacial score (nSPS) is 16.6. The van der Waals surface area contributed by atoms with Gasteiger partial charge >= 0.3 is 0 Å². The van der Waals surface area contributed by atoms with Gasteiger partial charge in [0.1, 0.15) is 0 Å². The summed E-state index contributed by atoms with van der Waals surface area (Å²) in [6.45, 7) is 0.454. The van der Waals surface area contributed by atoms with E-state index < -0.39 is 10.0 Å². The van der Waals surface area contributed by atoms with E-state index in [2.05, 4.69) is 20.9 Å². The summed E-state index contributed by atoms with van der Waals surface area (Å²) in [5.74, 6) is 1.95. The molecule has 136 valence electrons. The lowest BCUT2D eigenvalue weighted by Crippen LogP contribution is -2.50. The Balaban J connectivity index is 2.10. The van der Waals surface area contributed by atoms with Gasteiger partial charge in [-0.15, -0.1) is 6.42 Å². The molecule has 6 nitrogen and oxygen atoms in total. The van der Waals surface area contributed by atoms with Crippen LogP contribution in [0, 0.1) is 12.3 Å². The number of nitrogens with zero attached hydrogens (tertiary/aromatic N) is 1. The van der Waals surface area contributed by atoms with Gasteiger partial charge < -0.3 is 10.2 Å². The molecule has 25 heavy (non-hydrogen) atoms. The molecule has 1 aliphatic rings. The molecule has 0 aliphatic heterocycles. The number of likely N-dealkylation sites (N-methyl/N-ethyl adjacent to an activating group) is 1. The van der Waals surface area contributed by atoms with Crippen molar-refractivity contribution < 1.29 is 13.2 Å². The Labute approximate surface area is 150 Å². The van der Waals surface area contributed by atoms with Crippen molar-refractivity contribution in [3.63, 3.8) is 0 Å². The Bertz CT molecular complexity index is 760. The smallest absolute Gasteiger partial charge is 0.251 e. The SMILES string of the molecule is C#CCNS(=O)(=O)c1cccc(C(=O)NCC2(N(C)C)CCCC2)c1. The van der Waals surface area contributed by atoms with Crippen molar-refractivity contribution >= 4 is 15.9 Å². The Morgan fingerprint density at radius 1 is 1.32 bits per heavy atom. The van der Waals surface area contributed by atoms with Gasteiger partial charge in [0, 0.05) is 17.6 Å². The second-order valence-corrected chi connectivity index (χ2v) is 8.33. The molecule has 1 amide bonds. The lowest BCUT2D eigenvalue weighted by Gasteiger charge is -2.36. The quantitative estimate of drug-likeness (QED) is 0.714. The number of terminal acetylenes is 1. The minimum absolute atomic E-state index is 0.0201. The van der Waals surface area contributed by atoms with E-state index in [4.69, 9.17) is 6.42 Å². The van der Waals surface area contributed by atoms with Crippen LogP contribution in [0.3, 0.4) is 0 Å². The van der Waals surface area contributed by atoms with Gasteiger partial charge in [-0.05, 0) is 45.1 Å². The van der Waals surface area contributed by atoms with E-state index in [1.807, 2.05) is 14.1 Å². The predicted molar refractivity (Wildman–Crippen MR) is 97.7 cm³/mol. The first-order valence-corrected chi connectivity index (χ1v) is 9.78. The number of hydrogen-bond donors (Lipinski definition) is 2. The molecular formula is C18H25N3O3S. The van der Waals surface area contributed by atoms with Crippen molar-refractivity contribution in [2.75, 3.05) is 27.2 Å². The molecule has 0 saturated heterocycles. The summed E-state index contributed by atoms with van der Waals surface area (Å²) in [6, 6.07) is 5.96. The molecular weight excluding hydrogens is 338 g/mol. The van der Waals surface area contributed by atoms with E-state index >= 15 is 0 Å². The van der Waals surface area contributed by atoms with E-state index in [-0.39, 0.29) is 22.9 Å². The predicted octanol–water partition coefficient (Wildman–Crippen LogP) is 1.20. The van der Waals surface area contributed by atoms with Crippen molar-refractivity contribution in [1.82, 2.24) is 14.9 Å².